The van der Waals surface area contributed by atoms with Gasteiger partial charge in [-0.05, 0) is 63.1 Å². The molecule has 0 spiro atoms. The number of piperidine rings is 1. The van der Waals surface area contributed by atoms with E-state index in [2.05, 4.69) is 6.07 Å². The van der Waals surface area contributed by atoms with Crippen LogP contribution in [-0.4, -0.2) is 43.6 Å². The van der Waals surface area contributed by atoms with Crippen molar-refractivity contribution < 1.29 is 23.8 Å². The van der Waals surface area contributed by atoms with E-state index in [1.165, 1.54) is 0 Å². The van der Waals surface area contributed by atoms with E-state index in [0.29, 0.717) is 25.6 Å². The van der Waals surface area contributed by atoms with Crippen LogP contribution in [0.3, 0.4) is 0 Å². The molecule has 0 bridgehead atoms. The highest BCUT2D eigenvalue weighted by molar-refractivity contribution is 5.89. The van der Waals surface area contributed by atoms with Gasteiger partial charge in [-0.25, -0.2) is 4.79 Å². The van der Waals surface area contributed by atoms with Crippen LogP contribution < -0.4 is 9.47 Å². The van der Waals surface area contributed by atoms with E-state index in [0.717, 1.165) is 35.1 Å². The molecule has 1 heterocycles. The molecule has 0 saturated carbocycles. The molecule has 2 aromatic rings. The fraction of sp³-hybridized carbons (Fsp3) is 0.500. The predicted octanol–water partition coefficient (Wildman–Crippen LogP) is 4.81. The molecule has 0 radical (unpaired) electrons. The molecule has 1 fully saturated rings. The van der Waals surface area contributed by atoms with E-state index in [4.69, 9.17) is 19.0 Å². The molecule has 152 valence electrons. The first kappa shape index (κ1) is 20.3. The predicted molar refractivity (Wildman–Crippen MR) is 108 cm³/mol. The Kier molecular flexibility index (Phi) is 6.29. The molecule has 6 nitrogen and oxygen atoms in total. The molecule has 28 heavy (non-hydrogen) atoms. The van der Waals surface area contributed by atoms with Gasteiger partial charge in [-0.15, -0.1) is 5.06 Å². The van der Waals surface area contributed by atoms with Crippen molar-refractivity contribution in [3.63, 3.8) is 0 Å². The normalized spacial score (nSPS) is 16.0. The minimum atomic E-state index is -0.646. The van der Waals surface area contributed by atoms with Gasteiger partial charge in [-0.2, -0.15) is 0 Å². The van der Waals surface area contributed by atoms with Gasteiger partial charge in [0.2, 0.25) is 0 Å². The summed E-state index contributed by atoms with van der Waals surface area (Å²) in [6.07, 6.45) is 1.15. The second kappa shape index (κ2) is 8.69. The lowest BCUT2D eigenvalue weighted by molar-refractivity contribution is -0.156. The van der Waals surface area contributed by atoms with Gasteiger partial charge in [0.25, 0.3) is 0 Å². The first-order valence-electron chi connectivity index (χ1n) is 9.69. The molecular weight excluding hydrogens is 358 g/mol. The van der Waals surface area contributed by atoms with Gasteiger partial charge in [0.15, 0.2) is 0 Å². The second-order valence-corrected chi connectivity index (χ2v) is 8.08. The van der Waals surface area contributed by atoms with Crippen molar-refractivity contribution in [3.05, 3.63) is 36.4 Å². The topological polar surface area (TPSA) is 57.2 Å². The zero-order valence-corrected chi connectivity index (χ0v) is 17.1. The lowest BCUT2D eigenvalue weighted by atomic mass is 9.99. The minimum Gasteiger partial charge on any atom is -0.497 e. The molecular formula is C22H29NO5. The van der Waals surface area contributed by atoms with Crippen molar-refractivity contribution in [2.24, 2.45) is 5.92 Å². The number of rotatable bonds is 5. The summed E-state index contributed by atoms with van der Waals surface area (Å²) in [7, 11) is 1.66. The Morgan fingerprint density at radius 3 is 2.57 bits per heavy atom. The van der Waals surface area contributed by atoms with Gasteiger partial charge in [0, 0.05) is 18.5 Å². The van der Waals surface area contributed by atoms with E-state index in [9.17, 15) is 4.79 Å². The Balaban J connectivity index is 1.51. The highest BCUT2D eigenvalue weighted by atomic mass is 16.8. The molecule has 0 aliphatic carbocycles. The Morgan fingerprint density at radius 1 is 1.14 bits per heavy atom. The first-order chi connectivity index (χ1) is 13.3. The van der Waals surface area contributed by atoms with Gasteiger partial charge in [-0.1, -0.05) is 18.2 Å². The number of fused-ring (bicyclic) bond motifs is 1. The molecule has 0 aromatic heterocycles. The van der Waals surface area contributed by atoms with Crippen LogP contribution in [0.1, 0.15) is 33.6 Å². The number of methoxy groups -OCH3 is 1. The highest BCUT2D eigenvalue weighted by Crippen LogP contribution is 2.30. The number of carbonyl (C=O) groups excluding carboxylic acids is 1. The van der Waals surface area contributed by atoms with Crippen molar-refractivity contribution in [2.45, 2.75) is 39.2 Å². The monoisotopic (exact) mass is 387 g/mol. The number of carbonyl (C=O) groups is 1. The summed E-state index contributed by atoms with van der Waals surface area (Å²) >= 11 is 0. The molecule has 0 atom stereocenters. The van der Waals surface area contributed by atoms with Crippen LogP contribution in [0.25, 0.3) is 10.8 Å². The maximum atomic E-state index is 11.8. The molecule has 0 N–H and O–H groups in total. The number of hydrogen-bond acceptors (Lipinski definition) is 6. The zero-order valence-electron chi connectivity index (χ0n) is 17.1. The molecule has 3 rings (SSSR count). The Hall–Kier alpha value is -2.47. The first-order valence-corrected chi connectivity index (χ1v) is 9.69. The Labute approximate surface area is 166 Å². The average molecular weight is 387 g/mol. The number of ether oxygens (including phenoxy) is 3. The zero-order chi connectivity index (χ0) is 20.1. The summed E-state index contributed by atoms with van der Waals surface area (Å²) in [6, 6.07) is 12.0. The summed E-state index contributed by atoms with van der Waals surface area (Å²) in [5, 5.41) is 3.85. The van der Waals surface area contributed by atoms with Gasteiger partial charge in [-0.3, -0.25) is 0 Å². The van der Waals surface area contributed by atoms with Crippen LogP contribution in [-0.2, 0) is 9.57 Å². The lowest BCUT2D eigenvalue weighted by Gasteiger charge is -2.31. The molecule has 2 aromatic carbocycles. The van der Waals surface area contributed by atoms with Gasteiger partial charge in [0.1, 0.15) is 17.1 Å². The Bertz CT molecular complexity index is 806. The number of hydrogen-bond donors (Lipinski definition) is 0. The van der Waals surface area contributed by atoms with Crippen LogP contribution >= 0.6 is 0 Å². The third-order valence-corrected chi connectivity index (χ3v) is 4.69. The van der Waals surface area contributed by atoms with Gasteiger partial charge < -0.3 is 19.0 Å². The van der Waals surface area contributed by atoms with E-state index in [1.807, 2.05) is 51.1 Å². The molecule has 1 saturated heterocycles. The summed E-state index contributed by atoms with van der Waals surface area (Å²) in [4.78, 5) is 17.1. The van der Waals surface area contributed by atoms with E-state index >= 15 is 0 Å². The number of benzene rings is 2. The van der Waals surface area contributed by atoms with E-state index < -0.39 is 11.8 Å². The second-order valence-electron chi connectivity index (χ2n) is 8.08. The summed E-state index contributed by atoms with van der Waals surface area (Å²) in [6.45, 7) is 7.45. The fourth-order valence-electron chi connectivity index (χ4n) is 3.22. The summed E-state index contributed by atoms with van der Waals surface area (Å²) < 4.78 is 16.7. The lowest BCUT2D eigenvalue weighted by Crippen LogP contribution is -2.38. The smallest absolute Gasteiger partial charge is 0.497 e. The molecule has 1 aliphatic heterocycles. The van der Waals surface area contributed by atoms with Gasteiger partial charge in [0.05, 0.1) is 13.7 Å². The Morgan fingerprint density at radius 2 is 1.89 bits per heavy atom. The van der Waals surface area contributed by atoms with E-state index in [1.54, 1.807) is 12.2 Å². The van der Waals surface area contributed by atoms with Crippen molar-refractivity contribution in [3.8, 4) is 11.5 Å². The third kappa shape index (κ3) is 5.52. The SMILES string of the molecule is COc1ccc2cccc(OCC3CCN(OC(=O)OC(C)(C)C)CC3)c2c1. The quantitative estimate of drug-likeness (QED) is 0.687. The van der Waals surface area contributed by atoms with Crippen molar-refractivity contribution in [2.75, 3.05) is 26.8 Å². The van der Waals surface area contributed by atoms with Crippen LogP contribution in [0, 0.1) is 5.92 Å². The number of nitrogens with zero attached hydrogens (tertiary/aromatic N) is 1. The largest absolute Gasteiger partial charge is 0.528 e. The van der Waals surface area contributed by atoms with Gasteiger partial charge >= 0.3 is 6.16 Å². The number of hydroxylamine groups is 2. The molecule has 0 amide bonds. The van der Waals surface area contributed by atoms with Crippen molar-refractivity contribution in [1.29, 1.82) is 0 Å². The van der Waals surface area contributed by atoms with Crippen LogP contribution in [0.5, 0.6) is 11.5 Å². The molecule has 1 aliphatic rings. The standard InChI is InChI=1S/C22H29NO5/c1-22(2,3)27-21(24)28-23-12-10-16(11-13-23)15-26-20-7-5-6-17-8-9-18(25-4)14-19(17)20/h5-9,14,16H,10-13,15H2,1-4H3. The molecule has 6 heteroatoms. The average Bonchev–Trinajstić information content (AvgIpc) is 2.65. The summed E-state index contributed by atoms with van der Waals surface area (Å²) in [5.41, 5.74) is -0.551. The molecule has 0 unspecified atom stereocenters. The minimum absolute atomic E-state index is 0.416. The van der Waals surface area contributed by atoms with Crippen LogP contribution in [0.15, 0.2) is 36.4 Å². The third-order valence-electron chi connectivity index (χ3n) is 4.69. The van der Waals surface area contributed by atoms with E-state index in [-0.39, 0.29) is 0 Å². The van der Waals surface area contributed by atoms with Crippen molar-refractivity contribution in [1.82, 2.24) is 5.06 Å². The maximum Gasteiger partial charge on any atom is 0.528 e. The summed E-state index contributed by atoms with van der Waals surface area (Å²) in [5.74, 6) is 2.10. The van der Waals surface area contributed by atoms with Crippen molar-refractivity contribution >= 4 is 16.9 Å². The van der Waals surface area contributed by atoms with Crippen LogP contribution in [0.4, 0.5) is 4.79 Å². The van der Waals surface area contributed by atoms with Crippen LogP contribution in [0.2, 0.25) is 0 Å². The highest BCUT2D eigenvalue weighted by Gasteiger charge is 2.25. The maximum absolute atomic E-state index is 11.8. The fourth-order valence-corrected chi connectivity index (χ4v) is 3.22.